The van der Waals surface area contributed by atoms with Gasteiger partial charge in [-0.25, -0.2) is 9.97 Å². The molecule has 1 amide bonds. The van der Waals surface area contributed by atoms with Crippen molar-refractivity contribution >= 4 is 28.3 Å². The van der Waals surface area contributed by atoms with E-state index >= 15 is 0 Å². The van der Waals surface area contributed by atoms with E-state index < -0.39 is 0 Å². The molecule has 2 aromatic carbocycles. The normalized spacial score (nSPS) is 16.2. The summed E-state index contributed by atoms with van der Waals surface area (Å²) >= 11 is 0. The van der Waals surface area contributed by atoms with Gasteiger partial charge in [0.15, 0.2) is 0 Å². The zero-order chi connectivity index (χ0) is 19.5. The first-order valence-electron chi connectivity index (χ1n) is 9.20. The van der Waals surface area contributed by atoms with Crippen LogP contribution in [0.25, 0.3) is 10.9 Å². The van der Waals surface area contributed by atoms with Gasteiger partial charge in [0.1, 0.15) is 29.7 Å². The number of rotatable bonds is 5. The number of para-hydroxylation sites is 1. The van der Waals surface area contributed by atoms with Gasteiger partial charge in [-0.1, -0.05) is 12.1 Å². The number of anilines is 2. The predicted octanol–water partition coefficient (Wildman–Crippen LogP) is 3.25. The van der Waals surface area contributed by atoms with Crippen LogP contribution in [0, 0.1) is 0 Å². The van der Waals surface area contributed by atoms with Crippen molar-refractivity contribution in [3.05, 3.63) is 48.8 Å². The summed E-state index contributed by atoms with van der Waals surface area (Å²) in [5, 5.41) is 3.95. The topological polar surface area (TPSA) is 76.6 Å². The summed E-state index contributed by atoms with van der Waals surface area (Å²) < 4.78 is 10.6. The van der Waals surface area contributed by atoms with Crippen molar-refractivity contribution in [1.29, 1.82) is 0 Å². The van der Waals surface area contributed by atoms with E-state index in [1.807, 2.05) is 24.3 Å². The number of nitrogens with zero attached hydrogens (tertiary/aromatic N) is 3. The molecular weight excluding hydrogens is 356 g/mol. The van der Waals surface area contributed by atoms with E-state index in [0.717, 1.165) is 36.1 Å². The fourth-order valence-electron chi connectivity index (χ4n) is 3.62. The maximum Gasteiger partial charge on any atom is 0.247 e. The third-order valence-corrected chi connectivity index (χ3v) is 4.97. The molecule has 1 aliphatic rings. The summed E-state index contributed by atoms with van der Waals surface area (Å²) in [6.07, 6.45) is 3.25. The molecule has 0 spiro atoms. The molecular formula is C21H22N4O3. The van der Waals surface area contributed by atoms with Crippen LogP contribution in [0.1, 0.15) is 12.8 Å². The zero-order valence-corrected chi connectivity index (χ0v) is 15.9. The smallest absolute Gasteiger partial charge is 0.247 e. The van der Waals surface area contributed by atoms with Crippen molar-refractivity contribution in [1.82, 2.24) is 9.97 Å². The Bertz CT molecular complexity index is 980. The number of carbonyl (C=O) groups is 1. The van der Waals surface area contributed by atoms with Crippen molar-refractivity contribution in [2.45, 2.75) is 18.9 Å². The van der Waals surface area contributed by atoms with Crippen LogP contribution >= 0.6 is 0 Å². The minimum absolute atomic E-state index is 0.0736. The maximum absolute atomic E-state index is 13.1. The summed E-state index contributed by atoms with van der Waals surface area (Å²) in [6.45, 7) is 0.778. The lowest BCUT2D eigenvalue weighted by atomic mass is 10.1. The SMILES string of the molecule is COc1cc(NC(=O)[C@H]2CCCN2c2ncnc3ccccc23)cc(OC)c1. The molecule has 1 saturated heterocycles. The number of fused-ring (bicyclic) bond motifs is 1. The molecule has 0 saturated carbocycles. The molecule has 4 rings (SSSR count). The van der Waals surface area contributed by atoms with Crippen molar-refractivity contribution in [2.24, 2.45) is 0 Å². The van der Waals surface area contributed by atoms with Crippen LogP contribution in [-0.2, 0) is 4.79 Å². The number of carbonyl (C=O) groups excluding carboxylic acids is 1. The third-order valence-electron chi connectivity index (χ3n) is 4.97. The molecule has 0 radical (unpaired) electrons. The van der Waals surface area contributed by atoms with Crippen LogP contribution in [-0.4, -0.2) is 42.7 Å². The molecule has 1 aromatic heterocycles. The highest BCUT2D eigenvalue weighted by Gasteiger charge is 2.32. The molecule has 0 unspecified atom stereocenters. The molecule has 1 N–H and O–H groups in total. The second-order valence-corrected chi connectivity index (χ2v) is 6.66. The first kappa shape index (κ1) is 18.0. The van der Waals surface area contributed by atoms with E-state index in [-0.39, 0.29) is 11.9 Å². The van der Waals surface area contributed by atoms with Gasteiger partial charge in [0, 0.05) is 35.8 Å². The van der Waals surface area contributed by atoms with Crippen LogP contribution < -0.4 is 19.7 Å². The molecule has 1 fully saturated rings. The molecule has 7 heteroatoms. The average Bonchev–Trinajstić information content (AvgIpc) is 3.22. The van der Waals surface area contributed by atoms with Crippen molar-refractivity contribution < 1.29 is 14.3 Å². The highest BCUT2D eigenvalue weighted by molar-refractivity contribution is 5.99. The molecule has 3 aromatic rings. The molecule has 1 atom stereocenters. The molecule has 144 valence electrons. The number of methoxy groups -OCH3 is 2. The van der Waals surface area contributed by atoms with Crippen molar-refractivity contribution in [3.63, 3.8) is 0 Å². The fraction of sp³-hybridized carbons (Fsp3) is 0.286. The Hall–Kier alpha value is -3.35. The van der Waals surface area contributed by atoms with Crippen molar-refractivity contribution in [2.75, 3.05) is 31.0 Å². The quantitative estimate of drug-likeness (QED) is 0.734. The number of hydrogen-bond donors (Lipinski definition) is 1. The number of ether oxygens (including phenoxy) is 2. The summed E-state index contributed by atoms with van der Waals surface area (Å²) in [4.78, 5) is 23.9. The highest BCUT2D eigenvalue weighted by Crippen LogP contribution is 2.31. The maximum atomic E-state index is 13.1. The van der Waals surface area contributed by atoms with Crippen molar-refractivity contribution in [3.8, 4) is 11.5 Å². The standard InChI is InChI=1S/C21H22N4O3/c1-27-15-10-14(11-16(12-15)28-2)24-21(26)19-8-5-9-25(19)20-17-6-3-4-7-18(17)22-13-23-20/h3-4,6-7,10-13,19H,5,8-9H2,1-2H3,(H,24,26)/t19-/m1/s1. The highest BCUT2D eigenvalue weighted by atomic mass is 16.5. The largest absolute Gasteiger partial charge is 0.497 e. The summed E-state index contributed by atoms with van der Waals surface area (Å²) in [7, 11) is 3.17. The van der Waals surface area contributed by atoms with Gasteiger partial charge in [0.2, 0.25) is 5.91 Å². The van der Waals surface area contributed by atoms with Gasteiger partial charge in [-0.15, -0.1) is 0 Å². The second-order valence-electron chi connectivity index (χ2n) is 6.66. The number of nitrogens with one attached hydrogen (secondary N) is 1. The fourth-order valence-corrected chi connectivity index (χ4v) is 3.62. The van der Waals surface area contributed by atoms with E-state index in [1.54, 1.807) is 38.7 Å². The molecule has 28 heavy (non-hydrogen) atoms. The van der Waals surface area contributed by atoms with Crippen LogP contribution in [0.4, 0.5) is 11.5 Å². The first-order chi connectivity index (χ1) is 13.7. The molecule has 7 nitrogen and oxygen atoms in total. The van der Waals surface area contributed by atoms with Crippen LogP contribution in [0.5, 0.6) is 11.5 Å². The number of aromatic nitrogens is 2. The van der Waals surface area contributed by atoms with Gasteiger partial charge in [0.25, 0.3) is 0 Å². The lowest BCUT2D eigenvalue weighted by Crippen LogP contribution is -2.40. The molecule has 0 bridgehead atoms. The lowest BCUT2D eigenvalue weighted by Gasteiger charge is -2.26. The predicted molar refractivity (Wildman–Crippen MR) is 108 cm³/mol. The summed E-state index contributed by atoms with van der Waals surface area (Å²) in [6, 6.07) is 12.9. The molecule has 1 aliphatic heterocycles. The number of hydrogen-bond acceptors (Lipinski definition) is 6. The molecule has 0 aliphatic carbocycles. The number of amides is 1. The van der Waals surface area contributed by atoms with E-state index in [1.165, 1.54) is 0 Å². The number of benzene rings is 2. The Morgan fingerprint density at radius 2 is 1.86 bits per heavy atom. The van der Waals surface area contributed by atoms with Gasteiger partial charge >= 0.3 is 0 Å². The third kappa shape index (κ3) is 3.43. The minimum atomic E-state index is -0.296. The lowest BCUT2D eigenvalue weighted by molar-refractivity contribution is -0.117. The second kappa shape index (κ2) is 7.72. The Morgan fingerprint density at radius 3 is 2.61 bits per heavy atom. The van der Waals surface area contributed by atoms with Gasteiger partial charge in [-0.05, 0) is 25.0 Å². The van der Waals surface area contributed by atoms with Gasteiger partial charge < -0.3 is 19.7 Å². The molecule has 2 heterocycles. The average molecular weight is 378 g/mol. The van der Waals surface area contributed by atoms with Gasteiger partial charge in [-0.3, -0.25) is 4.79 Å². The van der Waals surface area contributed by atoms with Crippen LogP contribution in [0.2, 0.25) is 0 Å². The van der Waals surface area contributed by atoms with E-state index in [9.17, 15) is 4.79 Å². The van der Waals surface area contributed by atoms with Gasteiger partial charge in [-0.2, -0.15) is 0 Å². The van der Waals surface area contributed by atoms with Crippen LogP contribution in [0.15, 0.2) is 48.8 Å². The Balaban J connectivity index is 1.61. The minimum Gasteiger partial charge on any atom is -0.497 e. The Kier molecular flexibility index (Phi) is 4.97. The van der Waals surface area contributed by atoms with E-state index in [2.05, 4.69) is 20.2 Å². The van der Waals surface area contributed by atoms with Crippen LogP contribution in [0.3, 0.4) is 0 Å². The monoisotopic (exact) mass is 378 g/mol. The van der Waals surface area contributed by atoms with E-state index in [0.29, 0.717) is 17.2 Å². The Morgan fingerprint density at radius 1 is 1.11 bits per heavy atom. The first-order valence-corrected chi connectivity index (χ1v) is 9.20. The summed E-state index contributed by atoms with van der Waals surface area (Å²) in [5.74, 6) is 1.97. The zero-order valence-electron chi connectivity index (χ0n) is 15.9. The van der Waals surface area contributed by atoms with E-state index in [4.69, 9.17) is 9.47 Å². The summed E-state index contributed by atoms with van der Waals surface area (Å²) in [5.41, 5.74) is 1.51. The van der Waals surface area contributed by atoms with Gasteiger partial charge in [0.05, 0.1) is 19.7 Å². The Labute approximate surface area is 163 Å².